The molecule has 1 aromatic rings. The van der Waals surface area contributed by atoms with E-state index >= 15 is 0 Å². The Hall–Kier alpha value is -1.98. The SMILES string of the molecule is COC(=O)c1cc(C)nc(NC(C)=O)n1. The summed E-state index contributed by atoms with van der Waals surface area (Å²) in [7, 11) is 1.26. The Morgan fingerprint density at radius 3 is 2.60 bits per heavy atom. The van der Waals surface area contributed by atoms with Crippen LogP contribution >= 0.6 is 0 Å². The second-order valence-electron chi connectivity index (χ2n) is 2.89. The van der Waals surface area contributed by atoms with Crippen LogP contribution in [0.15, 0.2) is 6.07 Å². The van der Waals surface area contributed by atoms with Crippen LogP contribution in [-0.2, 0) is 9.53 Å². The zero-order chi connectivity index (χ0) is 11.4. The molecule has 1 rings (SSSR count). The predicted molar refractivity (Wildman–Crippen MR) is 52.4 cm³/mol. The summed E-state index contributed by atoms with van der Waals surface area (Å²) >= 11 is 0. The molecule has 0 saturated carbocycles. The van der Waals surface area contributed by atoms with E-state index in [1.54, 1.807) is 6.92 Å². The van der Waals surface area contributed by atoms with Crippen LogP contribution in [0.25, 0.3) is 0 Å². The maximum atomic E-state index is 11.2. The van der Waals surface area contributed by atoms with E-state index in [-0.39, 0.29) is 17.5 Å². The molecule has 1 heterocycles. The number of nitrogens with zero attached hydrogens (tertiary/aromatic N) is 2. The Bertz CT molecular complexity index is 404. The Balaban J connectivity index is 3.04. The third kappa shape index (κ3) is 3.01. The minimum atomic E-state index is -0.563. The number of amides is 1. The highest BCUT2D eigenvalue weighted by Gasteiger charge is 2.10. The largest absolute Gasteiger partial charge is 0.464 e. The Kier molecular flexibility index (Phi) is 3.33. The molecule has 1 amide bonds. The van der Waals surface area contributed by atoms with E-state index in [0.717, 1.165) is 0 Å². The van der Waals surface area contributed by atoms with E-state index in [9.17, 15) is 9.59 Å². The van der Waals surface area contributed by atoms with Crippen LogP contribution in [-0.4, -0.2) is 29.0 Å². The number of ether oxygens (including phenoxy) is 1. The van der Waals surface area contributed by atoms with Crippen molar-refractivity contribution in [3.63, 3.8) is 0 Å². The Labute approximate surface area is 86.7 Å². The molecular weight excluding hydrogens is 198 g/mol. The first-order chi connectivity index (χ1) is 7.02. The third-order valence-corrected chi connectivity index (χ3v) is 1.54. The highest BCUT2D eigenvalue weighted by Crippen LogP contribution is 2.05. The average molecular weight is 209 g/mol. The first-order valence-electron chi connectivity index (χ1n) is 4.24. The van der Waals surface area contributed by atoms with Crippen molar-refractivity contribution in [1.82, 2.24) is 9.97 Å². The van der Waals surface area contributed by atoms with Crippen molar-refractivity contribution in [1.29, 1.82) is 0 Å². The van der Waals surface area contributed by atoms with Crippen molar-refractivity contribution in [3.8, 4) is 0 Å². The molecule has 0 saturated heterocycles. The molecule has 0 fully saturated rings. The number of hydrogen-bond donors (Lipinski definition) is 1. The van der Waals surface area contributed by atoms with Crippen LogP contribution in [0.5, 0.6) is 0 Å². The minimum absolute atomic E-state index is 0.0999. The normalized spacial score (nSPS) is 9.53. The van der Waals surface area contributed by atoms with Crippen molar-refractivity contribution in [2.24, 2.45) is 0 Å². The first kappa shape index (κ1) is 11.1. The van der Waals surface area contributed by atoms with Gasteiger partial charge in [0.25, 0.3) is 0 Å². The lowest BCUT2D eigenvalue weighted by atomic mass is 10.3. The smallest absolute Gasteiger partial charge is 0.356 e. The van der Waals surface area contributed by atoms with Gasteiger partial charge in [-0.05, 0) is 13.0 Å². The molecule has 6 heteroatoms. The highest BCUT2D eigenvalue weighted by molar-refractivity contribution is 5.89. The van der Waals surface area contributed by atoms with E-state index in [1.807, 2.05) is 0 Å². The third-order valence-electron chi connectivity index (χ3n) is 1.54. The van der Waals surface area contributed by atoms with E-state index in [1.165, 1.54) is 20.1 Å². The van der Waals surface area contributed by atoms with Gasteiger partial charge in [0.1, 0.15) is 0 Å². The number of anilines is 1. The summed E-state index contributed by atoms with van der Waals surface area (Å²) in [5.74, 6) is -0.758. The van der Waals surface area contributed by atoms with Gasteiger partial charge in [0.05, 0.1) is 7.11 Å². The topological polar surface area (TPSA) is 81.2 Å². The van der Waals surface area contributed by atoms with Crippen molar-refractivity contribution >= 4 is 17.8 Å². The fourth-order valence-electron chi connectivity index (χ4n) is 0.991. The van der Waals surface area contributed by atoms with Crippen LogP contribution in [0, 0.1) is 6.92 Å². The summed E-state index contributed by atoms with van der Waals surface area (Å²) in [5.41, 5.74) is 0.697. The number of nitrogens with one attached hydrogen (secondary N) is 1. The molecule has 80 valence electrons. The number of esters is 1. The Morgan fingerprint density at radius 1 is 1.40 bits per heavy atom. The predicted octanol–water partition coefficient (Wildman–Crippen LogP) is 0.530. The van der Waals surface area contributed by atoms with Crippen LogP contribution in [0.2, 0.25) is 0 Å². The molecule has 0 aliphatic rings. The molecule has 0 atom stereocenters. The second-order valence-corrected chi connectivity index (χ2v) is 2.89. The average Bonchev–Trinajstić information content (AvgIpc) is 2.14. The van der Waals surface area contributed by atoms with E-state index in [4.69, 9.17) is 0 Å². The maximum Gasteiger partial charge on any atom is 0.356 e. The zero-order valence-electron chi connectivity index (χ0n) is 8.70. The first-order valence-corrected chi connectivity index (χ1v) is 4.24. The van der Waals surface area contributed by atoms with Gasteiger partial charge < -0.3 is 4.74 Å². The fraction of sp³-hybridized carbons (Fsp3) is 0.333. The minimum Gasteiger partial charge on any atom is -0.464 e. The summed E-state index contributed by atoms with van der Waals surface area (Å²) in [6, 6.07) is 1.48. The van der Waals surface area contributed by atoms with Crippen molar-refractivity contribution in [2.45, 2.75) is 13.8 Å². The number of hydrogen-bond acceptors (Lipinski definition) is 5. The van der Waals surface area contributed by atoms with E-state index in [0.29, 0.717) is 5.69 Å². The van der Waals surface area contributed by atoms with Gasteiger partial charge in [0, 0.05) is 12.6 Å². The lowest BCUT2D eigenvalue weighted by Gasteiger charge is -2.04. The van der Waals surface area contributed by atoms with Crippen LogP contribution in [0.3, 0.4) is 0 Å². The van der Waals surface area contributed by atoms with Gasteiger partial charge in [0.15, 0.2) is 5.69 Å². The molecule has 6 nitrogen and oxygen atoms in total. The molecule has 0 spiro atoms. The molecule has 0 aliphatic carbocycles. The number of carbonyl (C=O) groups is 2. The van der Waals surface area contributed by atoms with E-state index < -0.39 is 5.97 Å². The van der Waals surface area contributed by atoms with E-state index in [2.05, 4.69) is 20.0 Å². The van der Waals surface area contributed by atoms with Gasteiger partial charge in [-0.2, -0.15) is 0 Å². The van der Waals surface area contributed by atoms with Gasteiger partial charge in [-0.3, -0.25) is 10.1 Å². The van der Waals surface area contributed by atoms with Gasteiger partial charge in [0.2, 0.25) is 11.9 Å². The summed E-state index contributed by atoms with van der Waals surface area (Å²) in [6.45, 7) is 3.03. The zero-order valence-corrected chi connectivity index (χ0v) is 8.70. The monoisotopic (exact) mass is 209 g/mol. The summed E-state index contributed by atoms with van der Waals surface area (Å²) in [6.07, 6.45) is 0. The highest BCUT2D eigenvalue weighted by atomic mass is 16.5. The standard InChI is InChI=1S/C9H11N3O3/c1-5-4-7(8(14)15-3)12-9(10-5)11-6(2)13/h4H,1-3H3,(H,10,11,12,13). The maximum absolute atomic E-state index is 11.2. The van der Waals surface area contributed by atoms with Crippen molar-refractivity contribution in [2.75, 3.05) is 12.4 Å². The number of methoxy groups -OCH3 is 1. The van der Waals surface area contributed by atoms with Crippen LogP contribution < -0.4 is 5.32 Å². The van der Waals surface area contributed by atoms with Crippen LogP contribution in [0.4, 0.5) is 5.95 Å². The molecular formula is C9H11N3O3. The number of aromatic nitrogens is 2. The molecule has 0 radical (unpaired) electrons. The lowest BCUT2D eigenvalue weighted by Crippen LogP contribution is -2.13. The lowest BCUT2D eigenvalue weighted by molar-refractivity contribution is -0.114. The van der Waals surface area contributed by atoms with Gasteiger partial charge in [-0.15, -0.1) is 0 Å². The fourth-order valence-corrected chi connectivity index (χ4v) is 0.991. The quantitative estimate of drug-likeness (QED) is 0.718. The Morgan fingerprint density at radius 2 is 2.07 bits per heavy atom. The summed E-state index contributed by atoms with van der Waals surface area (Å²) in [4.78, 5) is 29.7. The number of carbonyl (C=O) groups excluding carboxylic acids is 2. The number of aryl methyl sites for hydroxylation is 1. The van der Waals surface area contributed by atoms with Gasteiger partial charge in [-0.1, -0.05) is 0 Å². The van der Waals surface area contributed by atoms with Crippen LogP contribution in [0.1, 0.15) is 23.1 Å². The van der Waals surface area contributed by atoms with Crippen molar-refractivity contribution in [3.05, 3.63) is 17.5 Å². The summed E-state index contributed by atoms with van der Waals surface area (Å²) in [5, 5.41) is 2.40. The van der Waals surface area contributed by atoms with Gasteiger partial charge >= 0.3 is 5.97 Å². The molecule has 0 unspecified atom stereocenters. The molecule has 0 aliphatic heterocycles. The molecule has 1 aromatic heterocycles. The molecule has 0 bridgehead atoms. The number of rotatable bonds is 2. The summed E-state index contributed by atoms with van der Waals surface area (Å²) < 4.78 is 4.51. The van der Waals surface area contributed by atoms with Gasteiger partial charge in [-0.25, -0.2) is 14.8 Å². The molecule has 15 heavy (non-hydrogen) atoms. The van der Waals surface area contributed by atoms with Crippen molar-refractivity contribution < 1.29 is 14.3 Å². The second kappa shape index (κ2) is 4.50. The molecule has 0 aromatic carbocycles. The molecule has 1 N–H and O–H groups in total.